The van der Waals surface area contributed by atoms with Gasteiger partial charge in [-0.05, 0) is 50.4 Å². The molecule has 1 saturated heterocycles. The summed E-state index contributed by atoms with van der Waals surface area (Å²) in [6.45, 7) is 4.84. The third-order valence-corrected chi connectivity index (χ3v) is 6.31. The summed E-state index contributed by atoms with van der Waals surface area (Å²) in [5.74, 6) is 0.773. The maximum atomic E-state index is 12.8. The molecule has 0 aliphatic carbocycles. The predicted molar refractivity (Wildman–Crippen MR) is 105 cm³/mol. The van der Waals surface area contributed by atoms with Crippen molar-refractivity contribution in [3.63, 3.8) is 0 Å². The maximum Gasteiger partial charge on any atom is 0.416 e. The number of fused-ring (bicyclic) bond motifs is 5. The quantitative estimate of drug-likeness (QED) is 0.639. The van der Waals surface area contributed by atoms with Crippen molar-refractivity contribution in [2.24, 2.45) is 0 Å². The Morgan fingerprint density at radius 1 is 1.14 bits per heavy atom. The van der Waals surface area contributed by atoms with Crippen molar-refractivity contribution in [2.45, 2.75) is 51.4 Å². The van der Waals surface area contributed by atoms with Crippen molar-refractivity contribution in [1.82, 2.24) is 19.4 Å². The summed E-state index contributed by atoms with van der Waals surface area (Å²) >= 11 is 0. The summed E-state index contributed by atoms with van der Waals surface area (Å²) < 4.78 is 40.7. The second-order valence-corrected chi connectivity index (χ2v) is 8.05. The van der Waals surface area contributed by atoms with Gasteiger partial charge in [-0.15, -0.1) is 0 Å². The number of nitrogens with zero attached hydrogens (tertiary/aromatic N) is 4. The maximum absolute atomic E-state index is 12.8. The lowest BCUT2D eigenvalue weighted by Gasteiger charge is -2.30. The molecule has 0 bridgehead atoms. The van der Waals surface area contributed by atoms with Gasteiger partial charge in [0.15, 0.2) is 0 Å². The average molecular weight is 400 g/mol. The highest BCUT2D eigenvalue weighted by Gasteiger charge is 2.36. The van der Waals surface area contributed by atoms with E-state index < -0.39 is 11.7 Å². The molecule has 152 valence electrons. The summed E-state index contributed by atoms with van der Waals surface area (Å²) in [4.78, 5) is 11.8. The molecule has 1 aromatic carbocycles. The predicted octanol–water partition coefficient (Wildman–Crippen LogP) is 4.69. The van der Waals surface area contributed by atoms with Gasteiger partial charge < -0.3 is 4.57 Å². The summed E-state index contributed by atoms with van der Waals surface area (Å²) in [7, 11) is 0. The fourth-order valence-electron chi connectivity index (χ4n) is 4.93. The van der Waals surface area contributed by atoms with Gasteiger partial charge >= 0.3 is 6.18 Å². The first-order valence-electron chi connectivity index (χ1n) is 10.2. The molecule has 2 aromatic heterocycles. The number of hydrogen-bond acceptors (Lipinski definition) is 3. The van der Waals surface area contributed by atoms with Crippen LogP contribution < -0.4 is 0 Å². The van der Waals surface area contributed by atoms with Crippen LogP contribution in [0.2, 0.25) is 0 Å². The Morgan fingerprint density at radius 2 is 1.93 bits per heavy atom. The van der Waals surface area contributed by atoms with Crippen LogP contribution in [0, 0.1) is 6.92 Å². The Balaban J connectivity index is 1.49. The Kier molecular flexibility index (Phi) is 4.38. The lowest BCUT2D eigenvalue weighted by atomic mass is 9.98. The summed E-state index contributed by atoms with van der Waals surface area (Å²) in [6, 6.07) is 5.94. The first kappa shape index (κ1) is 18.6. The minimum atomic E-state index is -4.30. The van der Waals surface area contributed by atoms with Crippen LogP contribution in [-0.2, 0) is 25.6 Å². The smallest absolute Gasteiger partial charge is 0.341 e. The minimum absolute atomic E-state index is 0.433. The highest BCUT2D eigenvalue weighted by atomic mass is 19.4. The van der Waals surface area contributed by atoms with E-state index in [0.29, 0.717) is 12.5 Å². The van der Waals surface area contributed by atoms with Crippen LogP contribution in [0.15, 0.2) is 30.5 Å². The standard InChI is InChI=1S/C22H23F3N4/c1-14-26-13-19-21(27-14)20-17-3-2-10-28(17)11-9-18(20)29(19)12-8-15-4-6-16(7-5-15)22(23,24)25/h4-7,13,17H,2-3,8-12H2,1H3. The van der Waals surface area contributed by atoms with E-state index in [1.165, 1.54) is 29.8 Å². The van der Waals surface area contributed by atoms with E-state index in [9.17, 15) is 13.2 Å². The van der Waals surface area contributed by atoms with Crippen molar-refractivity contribution in [3.8, 4) is 0 Å². The minimum Gasteiger partial charge on any atom is -0.341 e. The van der Waals surface area contributed by atoms with Gasteiger partial charge in [-0.1, -0.05) is 12.1 Å². The SMILES string of the molecule is Cc1ncc2c(n1)c1c(n2CCc2ccc(C(F)(F)F)cc2)CCN2CCCC12. The molecule has 2 aliphatic heterocycles. The third-order valence-electron chi connectivity index (χ3n) is 6.31. The highest BCUT2D eigenvalue weighted by Crippen LogP contribution is 2.42. The van der Waals surface area contributed by atoms with Gasteiger partial charge in [-0.2, -0.15) is 13.2 Å². The van der Waals surface area contributed by atoms with Crippen molar-refractivity contribution < 1.29 is 13.2 Å². The first-order chi connectivity index (χ1) is 13.9. The molecular weight excluding hydrogens is 377 g/mol. The van der Waals surface area contributed by atoms with Crippen LogP contribution in [0.5, 0.6) is 0 Å². The van der Waals surface area contributed by atoms with Gasteiger partial charge in [0.1, 0.15) is 5.82 Å². The Labute approximate surface area is 167 Å². The summed E-state index contributed by atoms with van der Waals surface area (Å²) in [6.07, 6.45) is 1.64. The van der Waals surface area contributed by atoms with E-state index in [0.717, 1.165) is 54.9 Å². The molecule has 1 fully saturated rings. The molecular formula is C22H23F3N4. The van der Waals surface area contributed by atoms with E-state index in [4.69, 9.17) is 4.98 Å². The van der Waals surface area contributed by atoms with Gasteiger partial charge in [-0.25, -0.2) is 9.97 Å². The lowest BCUT2D eigenvalue weighted by Crippen LogP contribution is -2.31. The van der Waals surface area contributed by atoms with Crippen molar-refractivity contribution >= 4 is 11.0 Å². The molecule has 5 rings (SSSR count). The Hall–Kier alpha value is -2.41. The number of alkyl halides is 3. The van der Waals surface area contributed by atoms with Gasteiger partial charge in [0.2, 0.25) is 0 Å². The second-order valence-electron chi connectivity index (χ2n) is 8.05. The lowest BCUT2D eigenvalue weighted by molar-refractivity contribution is -0.137. The van der Waals surface area contributed by atoms with E-state index in [2.05, 4.69) is 14.5 Å². The molecule has 0 amide bonds. The van der Waals surface area contributed by atoms with E-state index in [1.807, 2.05) is 13.1 Å². The zero-order chi connectivity index (χ0) is 20.2. The topological polar surface area (TPSA) is 34.0 Å². The number of halogens is 3. The molecule has 2 aliphatic rings. The molecule has 3 aromatic rings. The number of rotatable bonds is 3. The fourth-order valence-corrected chi connectivity index (χ4v) is 4.93. The van der Waals surface area contributed by atoms with Gasteiger partial charge in [0.05, 0.1) is 22.8 Å². The number of benzene rings is 1. The van der Waals surface area contributed by atoms with Gasteiger partial charge in [0, 0.05) is 36.8 Å². The van der Waals surface area contributed by atoms with Crippen LogP contribution in [0.1, 0.15) is 47.1 Å². The Morgan fingerprint density at radius 3 is 2.69 bits per heavy atom. The van der Waals surface area contributed by atoms with Crippen LogP contribution in [-0.4, -0.2) is 32.5 Å². The molecule has 29 heavy (non-hydrogen) atoms. The summed E-state index contributed by atoms with van der Waals surface area (Å²) in [5.41, 5.74) is 5.07. The number of aryl methyl sites for hydroxylation is 3. The van der Waals surface area contributed by atoms with Crippen molar-refractivity contribution in [1.29, 1.82) is 0 Å². The third kappa shape index (κ3) is 3.21. The fraction of sp³-hybridized carbons (Fsp3) is 0.455. The monoisotopic (exact) mass is 400 g/mol. The molecule has 4 nitrogen and oxygen atoms in total. The number of aromatic nitrogens is 3. The van der Waals surface area contributed by atoms with E-state index >= 15 is 0 Å². The molecule has 1 unspecified atom stereocenters. The van der Waals surface area contributed by atoms with E-state index in [1.54, 1.807) is 12.1 Å². The first-order valence-corrected chi connectivity index (χ1v) is 10.2. The largest absolute Gasteiger partial charge is 0.416 e. The van der Waals surface area contributed by atoms with Crippen LogP contribution in [0.25, 0.3) is 11.0 Å². The van der Waals surface area contributed by atoms with Crippen molar-refractivity contribution in [2.75, 3.05) is 13.1 Å². The normalized spacial score (nSPS) is 19.5. The molecule has 1 atom stereocenters. The second kappa shape index (κ2) is 6.83. The average Bonchev–Trinajstić information content (AvgIpc) is 3.28. The zero-order valence-corrected chi connectivity index (χ0v) is 16.3. The van der Waals surface area contributed by atoms with Gasteiger partial charge in [-0.3, -0.25) is 4.90 Å². The zero-order valence-electron chi connectivity index (χ0n) is 16.3. The molecule has 0 N–H and O–H groups in total. The number of hydrogen-bond donors (Lipinski definition) is 0. The summed E-state index contributed by atoms with van der Waals surface area (Å²) in [5, 5.41) is 0. The Bertz CT molecular complexity index is 1050. The van der Waals surface area contributed by atoms with Crippen LogP contribution >= 0.6 is 0 Å². The van der Waals surface area contributed by atoms with E-state index in [-0.39, 0.29) is 0 Å². The van der Waals surface area contributed by atoms with Crippen LogP contribution in [0.4, 0.5) is 13.2 Å². The highest BCUT2D eigenvalue weighted by molar-refractivity contribution is 5.82. The van der Waals surface area contributed by atoms with Crippen molar-refractivity contribution in [3.05, 3.63) is 58.7 Å². The molecule has 4 heterocycles. The molecule has 0 saturated carbocycles. The van der Waals surface area contributed by atoms with Gasteiger partial charge in [0.25, 0.3) is 0 Å². The van der Waals surface area contributed by atoms with Crippen LogP contribution in [0.3, 0.4) is 0 Å². The molecule has 0 radical (unpaired) electrons. The molecule has 7 heteroatoms. The molecule has 0 spiro atoms.